The number of aromatic nitrogens is 4. The van der Waals surface area contributed by atoms with Crippen LogP contribution in [-0.4, -0.2) is 91.0 Å². The van der Waals surface area contributed by atoms with E-state index < -0.39 is 17.9 Å². The second-order valence-corrected chi connectivity index (χ2v) is 20.9. The molecule has 0 saturated carbocycles. The molecule has 2 aromatic heterocycles. The molecule has 79 heavy (non-hydrogen) atoms. The van der Waals surface area contributed by atoms with Crippen molar-refractivity contribution in [2.75, 3.05) is 32.8 Å². The van der Waals surface area contributed by atoms with E-state index in [2.05, 4.69) is 0 Å². The SMILES string of the molecule is CC(C(=O)O)c1c(C(=O)N2CCC(c3ccccc3F)CC2)nn(-c2ccccc2Cl)c1-c1ccc(Cl)cc1.CCOC(=O)Cc1c(C(=O)N2CCC(c3ccccc3F)CC2)nn(-c2ccccc2Cl)c1-c1ccc(Cl)cc1. The first-order chi connectivity index (χ1) is 38.1. The van der Waals surface area contributed by atoms with Gasteiger partial charge in [0.2, 0.25) is 0 Å². The van der Waals surface area contributed by atoms with Crippen LogP contribution in [0.3, 0.4) is 0 Å². The number of carbonyl (C=O) groups is 4. The predicted molar refractivity (Wildman–Crippen MR) is 303 cm³/mol. The lowest BCUT2D eigenvalue weighted by molar-refractivity contribution is -0.142. The number of esters is 1. The van der Waals surface area contributed by atoms with E-state index in [1.165, 1.54) is 19.1 Å². The minimum atomic E-state index is -1.09. The Kier molecular flexibility index (Phi) is 18.0. The zero-order valence-electron chi connectivity index (χ0n) is 43.1. The summed E-state index contributed by atoms with van der Waals surface area (Å²) in [6, 6.07) is 41.8. The van der Waals surface area contributed by atoms with Gasteiger partial charge in [-0.1, -0.05) is 131 Å². The molecule has 10 rings (SSSR count). The molecule has 8 aromatic rings. The van der Waals surface area contributed by atoms with Gasteiger partial charge in [0.25, 0.3) is 11.8 Å². The summed E-state index contributed by atoms with van der Waals surface area (Å²) in [6.07, 6.45) is 2.27. The number of carboxylic acids is 1. The summed E-state index contributed by atoms with van der Waals surface area (Å²) in [6.45, 7) is 5.15. The van der Waals surface area contributed by atoms with Crippen molar-refractivity contribution in [3.8, 4) is 33.9 Å². The quantitative estimate of drug-likeness (QED) is 0.113. The fourth-order valence-corrected chi connectivity index (χ4v) is 11.0. The van der Waals surface area contributed by atoms with Crippen LogP contribution in [0.4, 0.5) is 8.78 Å². The number of halogens is 6. The Labute approximate surface area is 476 Å². The Bertz CT molecular complexity index is 3520. The number of rotatable bonds is 13. The van der Waals surface area contributed by atoms with Crippen LogP contribution in [0.5, 0.6) is 0 Å². The van der Waals surface area contributed by atoms with Crippen molar-refractivity contribution in [3.63, 3.8) is 0 Å². The summed E-state index contributed by atoms with van der Waals surface area (Å²) in [5.74, 6) is -3.71. The van der Waals surface area contributed by atoms with Gasteiger partial charge in [0.1, 0.15) is 11.6 Å². The number of carbonyl (C=O) groups excluding carboxylic acids is 3. The molecule has 12 nitrogen and oxygen atoms in total. The topological polar surface area (TPSA) is 140 Å². The fraction of sp³-hybridized carbons (Fsp3) is 0.246. The van der Waals surface area contributed by atoms with E-state index in [9.17, 15) is 33.1 Å². The third kappa shape index (κ3) is 12.4. The van der Waals surface area contributed by atoms with Crippen molar-refractivity contribution in [1.29, 1.82) is 0 Å². The van der Waals surface area contributed by atoms with Gasteiger partial charge >= 0.3 is 11.9 Å². The summed E-state index contributed by atoms with van der Waals surface area (Å²) >= 11 is 25.4. The Balaban J connectivity index is 0.000000192. The number of aliphatic carboxylic acids is 1. The number of hydrogen-bond donors (Lipinski definition) is 1. The number of benzene rings is 6. The number of para-hydroxylation sites is 2. The van der Waals surface area contributed by atoms with Gasteiger partial charge in [-0.05, 0) is 123 Å². The van der Waals surface area contributed by atoms with Crippen molar-refractivity contribution in [3.05, 3.63) is 211 Å². The molecule has 0 bridgehead atoms. The smallest absolute Gasteiger partial charge is 0.310 e. The van der Waals surface area contributed by atoms with Crippen LogP contribution in [0.25, 0.3) is 33.9 Å². The maximum atomic E-state index is 14.4. The molecular weight excluding hydrogens is 1090 g/mol. The third-order valence-corrected chi connectivity index (χ3v) is 15.5. The van der Waals surface area contributed by atoms with E-state index in [1.54, 1.807) is 123 Å². The number of amides is 2. The minimum Gasteiger partial charge on any atom is -0.481 e. The molecule has 2 saturated heterocycles. The Hall–Kier alpha value is -7.36. The summed E-state index contributed by atoms with van der Waals surface area (Å²) in [5.41, 5.74) is 5.73. The lowest BCUT2D eigenvalue weighted by Gasteiger charge is -2.32. The highest BCUT2D eigenvalue weighted by Crippen LogP contribution is 2.40. The molecule has 0 aliphatic carbocycles. The van der Waals surface area contributed by atoms with Gasteiger partial charge in [-0.2, -0.15) is 10.2 Å². The van der Waals surface area contributed by atoms with Gasteiger partial charge in [-0.3, -0.25) is 19.2 Å². The van der Waals surface area contributed by atoms with Crippen LogP contribution in [0.2, 0.25) is 20.1 Å². The standard InChI is InChI=1S/C31H28Cl2FN3O3.C30H26Cl2FN3O3/c1-2-40-28(38)19-24-29(31(39)36-17-15-20(16-18-36)23-7-3-5-9-26(23)34)35-37(27-10-6-4-8-25(27)33)30(24)21-11-13-22(32)14-12-21;1-18(30(38)39)26-27(29(37)35-16-14-19(15-17-35)22-6-2-4-8-24(22)33)34-36(25-9-5-3-7-23(25)32)28(26)20-10-12-21(31)13-11-20/h3-14,20H,2,15-19H2,1H3;2-13,18-19H,14-17H2,1H3,(H,38,39). The van der Waals surface area contributed by atoms with Gasteiger partial charge < -0.3 is 19.6 Å². The first-order valence-electron chi connectivity index (χ1n) is 25.9. The van der Waals surface area contributed by atoms with Crippen LogP contribution >= 0.6 is 46.4 Å². The van der Waals surface area contributed by atoms with E-state index >= 15 is 0 Å². The molecule has 0 spiro atoms. The molecule has 1 N–H and O–H groups in total. The van der Waals surface area contributed by atoms with E-state index in [1.807, 2.05) is 36.4 Å². The number of likely N-dealkylation sites (tertiary alicyclic amines) is 2. The van der Waals surface area contributed by atoms with Crippen LogP contribution < -0.4 is 0 Å². The van der Waals surface area contributed by atoms with E-state index in [0.29, 0.717) is 128 Å². The number of hydrogen-bond acceptors (Lipinski definition) is 7. The molecule has 2 aliphatic rings. The van der Waals surface area contributed by atoms with Gasteiger partial charge in [0.05, 0.1) is 51.8 Å². The molecule has 1 unspecified atom stereocenters. The number of piperidine rings is 2. The van der Waals surface area contributed by atoms with E-state index in [4.69, 9.17) is 61.3 Å². The maximum Gasteiger partial charge on any atom is 0.310 e. The molecule has 6 aromatic carbocycles. The Morgan fingerprint density at radius 3 is 1.43 bits per heavy atom. The van der Waals surface area contributed by atoms with Crippen molar-refractivity contribution in [2.24, 2.45) is 0 Å². The van der Waals surface area contributed by atoms with Crippen LogP contribution in [0.15, 0.2) is 146 Å². The van der Waals surface area contributed by atoms with Gasteiger partial charge in [-0.25, -0.2) is 18.1 Å². The van der Waals surface area contributed by atoms with Crippen LogP contribution in [0.1, 0.15) is 101 Å². The monoisotopic (exact) mass is 1140 g/mol. The minimum absolute atomic E-state index is 0.00188. The largest absolute Gasteiger partial charge is 0.481 e. The summed E-state index contributed by atoms with van der Waals surface area (Å²) in [7, 11) is 0. The summed E-state index contributed by atoms with van der Waals surface area (Å²) in [4.78, 5) is 56.4. The molecule has 1 atom stereocenters. The molecule has 18 heteroatoms. The Morgan fingerprint density at radius 1 is 0.582 bits per heavy atom. The average molecular weight is 1150 g/mol. The first kappa shape index (κ1) is 56.4. The summed E-state index contributed by atoms with van der Waals surface area (Å²) in [5, 5.41) is 21.4. The molecule has 2 aliphatic heterocycles. The van der Waals surface area contributed by atoms with Crippen molar-refractivity contribution in [2.45, 2.75) is 63.7 Å². The van der Waals surface area contributed by atoms with Crippen LogP contribution in [0, 0.1) is 11.6 Å². The van der Waals surface area contributed by atoms with Gasteiger partial charge in [0, 0.05) is 58.5 Å². The highest BCUT2D eigenvalue weighted by atomic mass is 35.5. The van der Waals surface area contributed by atoms with Crippen molar-refractivity contribution >= 4 is 70.2 Å². The second-order valence-electron chi connectivity index (χ2n) is 19.2. The zero-order valence-corrected chi connectivity index (χ0v) is 46.1. The lowest BCUT2D eigenvalue weighted by atomic mass is 9.88. The van der Waals surface area contributed by atoms with E-state index in [0.717, 1.165) is 0 Å². The predicted octanol–water partition coefficient (Wildman–Crippen LogP) is 14.3. The fourth-order valence-electron chi connectivity index (χ4n) is 10.4. The molecule has 2 amide bonds. The number of carboxylic acid groups (broad SMARTS) is 1. The van der Waals surface area contributed by atoms with E-state index in [-0.39, 0.29) is 59.7 Å². The van der Waals surface area contributed by atoms with Crippen molar-refractivity contribution in [1.82, 2.24) is 29.4 Å². The first-order valence-corrected chi connectivity index (χ1v) is 27.4. The maximum absolute atomic E-state index is 14.4. The second kappa shape index (κ2) is 25.2. The van der Waals surface area contributed by atoms with Gasteiger partial charge in [0.15, 0.2) is 11.4 Å². The van der Waals surface area contributed by atoms with Gasteiger partial charge in [-0.15, -0.1) is 0 Å². The average Bonchev–Trinajstić information content (AvgIpc) is 4.27. The molecule has 406 valence electrons. The molecular formula is C61H54Cl4F2N6O6. The van der Waals surface area contributed by atoms with Crippen LogP contribution in [-0.2, 0) is 20.7 Å². The molecule has 4 heterocycles. The molecule has 2 fully saturated rings. The highest BCUT2D eigenvalue weighted by molar-refractivity contribution is 6.33. The molecule has 0 radical (unpaired) electrons. The zero-order chi connectivity index (χ0) is 55.9. The Morgan fingerprint density at radius 2 is 0.987 bits per heavy atom. The normalized spacial score (nSPS) is 14.3. The summed E-state index contributed by atoms with van der Waals surface area (Å²) < 4.78 is 37.2. The number of ether oxygens (including phenoxy) is 1. The highest BCUT2D eigenvalue weighted by Gasteiger charge is 2.36. The van der Waals surface area contributed by atoms with Crippen molar-refractivity contribution < 1.29 is 37.8 Å². The lowest BCUT2D eigenvalue weighted by Crippen LogP contribution is -2.39. The number of nitrogens with zero attached hydrogens (tertiary/aromatic N) is 6. The third-order valence-electron chi connectivity index (χ3n) is 14.4.